The van der Waals surface area contributed by atoms with Crippen molar-refractivity contribution in [3.05, 3.63) is 30.1 Å². The zero-order valence-corrected chi connectivity index (χ0v) is 8.78. The van der Waals surface area contributed by atoms with Crippen LogP contribution >= 0.6 is 0 Å². The maximum absolute atomic E-state index is 11.7. The van der Waals surface area contributed by atoms with Gasteiger partial charge in [0.2, 0.25) is 5.91 Å². The van der Waals surface area contributed by atoms with E-state index >= 15 is 0 Å². The third-order valence-corrected chi connectivity index (χ3v) is 3.33. The van der Waals surface area contributed by atoms with Crippen molar-refractivity contribution >= 4 is 5.91 Å². The minimum absolute atomic E-state index is 0.221. The van der Waals surface area contributed by atoms with Crippen LogP contribution in [0.5, 0.6) is 0 Å². The summed E-state index contributed by atoms with van der Waals surface area (Å²) in [5, 5.41) is 0. The zero-order chi connectivity index (χ0) is 10.7. The Morgan fingerprint density at radius 3 is 2.53 bits per heavy atom. The van der Waals surface area contributed by atoms with Crippen LogP contribution in [0.2, 0.25) is 0 Å². The molecule has 0 unspecified atom stereocenters. The number of carbonyl (C=O) groups excluding carboxylic acids is 1. The Labute approximate surface area is 89.7 Å². The first kappa shape index (κ1) is 10.1. The van der Waals surface area contributed by atoms with Crippen LogP contribution in [0.25, 0.3) is 0 Å². The highest BCUT2D eigenvalue weighted by Crippen LogP contribution is 2.37. The molecule has 0 aromatic carbocycles. The highest BCUT2D eigenvalue weighted by atomic mass is 16.1. The van der Waals surface area contributed by atoms with E-state index in [-0.39, 0.29) is 5.91 Å². The van der Waals surface area contributed by atoms with Gasteiger partial charge in [-0.1, -0.05) is 25.3 Å². The van der Waals surface area contributed by atoms with Gasteiger partial charge in [0.05, 0.1) is 11.1 Å². The molecule has 15 heavy (non-hydrogen) atoms. The summed E-state index contributed by atoms with van der Waals surface area (Å²) in [6.07, 6.45) is 6.76. The van der Waals surface area contributed by atoms with Crippen molar-refractivity contribution in [1.82, 2.24) is 4.98 Å². The average Bonchev–Trinajstić information content (AvgIpc) is 2.31. The van der Waals surface area contributed by atoms with Gasteiger partial charge in [-0.2, -0.15) is 0 Å². The van der Waals surface area contributed by atoms with E-state index in [1.165, 1.54) is 6.42 Å². The van der Waals surface area contributed by atoms with E-state index in [0.717, 1.165) is 31.4 Å². The molecular weight excluding hydrogens is 188 g/mol. The third-order valence-electron chi connectivity index (χ3n) is 3.33. The Balaban J connectivity index is 2.38. The molecule has 1 heterocycles. The molecule has 0 saturated heterocycles. The van der Waals surface area contributed by atoms with Gasteiger partial charge < -0.3 is 5.73 Å². The first-order valence-electron chi connectivity index (χ1n) is 5.47. The molecule has 1 aliphatic carbocycles. The fourth-order valence-electron chi connectivity index (χ4n) is 2.43. The third kappa shape index (κ3) is 1.74. The van der Waals surface area contributed by atoms with E-state index in [1.807, 2.05) is 18.2 Å². The molecule has 0 atom stereocenters. The van der Waals surface area contributed by atoms with Crippen molar-refractivity contribution in [2.24, 2.45) is 5.73 Å². The molecule has 0 spiro atoms. The number of rotatable bonds is 2. The number of pyridine rings is 1. The summed E-state index contributed by atoms with van der Waals surface area (Å²) in [6.45, 7) is 0. The molecule has 2 rings (SSSR count). The Kier molecular flexibility index (Phi) is 2.71. The largest absolute Gasteiger partial charge is 0.369 e. The SMILES string of the molecule is NC(=O)C1(c2ccccn2)CCCCC1. The molecule has 0 radical (unpaired) electrons. The molecule has 1 saturated carbocycles. The van der Waals surface area contributed by atoms with Crippen LogP contribution in [0.3, 0.4) is 0 Å². The first-order chi connectivity index (χ1) is 7.26. The molecule has 1 aromatic heterocycles. The van der Waals surface area contributed by atoms with Crippen LogP contribution in [0.1, 0.15) is 37.8 Å². The Morgan fingerprint density at radius 1 is 1.27 bits per heavy atom. The second-order valence-electron chi connectivity index (χ2n) is 4.22. The van der Waals surface area contributed by atoms with Crippen molar-refractivity contribution in [2.45, 2.75) is 37.5 Å². The lowest BCUT2D eigenvalue weighted by Gasteiger charge is -2.33. The van der Waals surface area contributed by atoms with Crippen molar-refractivity contribution in [1.29, 1.82) is 0 Å². The van der Waals surface area contributed by atoms with Crippen LogP contribution < -0.4 is 5.73 Å². The first-order valence-corrected chi connectivity index (χ1v) is 5.47. The predicted octanol–water partition coefficient (Wildman–Crippen LogP) is 1.77. The number of nitrogens with two attached hydrogens (primary N) is 1. The minimum atomic E-state index is -0.500. The summed E-state index contributed by atoms with van der Waals surface area (Å²) >= 11 is 0. The van der Waals surface area contributed by atoms with Crippen LogP contribution in [0, 0.1) is 0 Å². The van der Waals surface area contributed by atoms with Gasteiger partial charge in [-0.05, 0) is 25.0 Å². The van der Waals surface area contributed by atoms with Gasteiger partial charge in [-0.3, -0.25) is 9.78 Å². The summed E-state index contributed by atoms with van der Waals surface area (Å²) in [5.41, 5.74) is 5.90. The molecule has 2 N–H and O–H groups in total. The van der Waals surface area contributed by atoms with Gasteiger partial charge in [-0.15, -0.1) is 0 Å². The predicted molar refractivity (Wildman–Crippen MR) is 58.2 cm³/mol. The Bertz CT molecular complexity index is 342. The molecule has 1 fully saturated rings. The highest BCUT2D eigenvalue weighted by Gasteiger charge is 2.40. The van der Waals surface area contributed by atoms with Crippen LogP contribution in [-0.4, -0.2) is 10.9 Å². The van der Waals surface area contributed by atoms with E-state index in [4.69, 9.17) is 5.73 Å². The normalized spacial score (nSPS) is 19.7. The number of hydrogen-bond donors (Lipinski definition) is 1. The van der Waals surface area contributed by atoms with Gasteiger partial charge in [-0.25, -0.2) is 0 Å². The number of primary amides is 1. The van der Waals surface area contributed by atoms with Gasteiger partial charge in [0.15, 0.2) is 0 Å². The van der Waals surface area contributed by atoms with Crippen molar-refractivity contribution in [3.8, 4) is 0 Å². The van der Waals surface area contributed by atoms with Crippen LogP contribution in [-0.2, 0) is 10.2 Å². The monoisotopic (exact) mass is 204 g/mol. The molecule has 0 bridgehead atoms. The number of hydrogen-bond acceptors (Lipinski definition) is 2. The van der Waals surface area contributed by atoms with E-state index in [2.05, 4.69) is 4.98 Å². The Morgan fingerprint density at radius 2 is 2.00 bits per heavy atom. The van der Waals surface area contributed by atoms with Gasteiger partial charge in [0, 0.05) is 6.20 Å². The summed E-state index contributed by atoms with van der Waals surface area (Å²) in [7, 11) is 0. The van der Waals surface area contributed by atoms with E-state index in [9.17, 15) is 4.79 Å². The van der Waals surface area contributed by atoms with E-state index < -0.39 is 5.41 Å². The fraction of sp³-hybridized carbons (Fsp3) is 0.500. The van der Waals surface area contributed by atoms with Crippen molar-refractivity contribution in [3.63, 3.8) is 0 Å². The highest BCUT2D eigenvalue weighted by molar-refractivity contribution is 5.86. The number of amides is 1. The molecule has 0 aliphatic heterocycles. The maximum Gasteiger partial charge on any atom is 0.229 e. The lowest BCUT2D eigenvalue weighted by molar-refractivity contribution is -0.124. The summed E-state index contributed by atoms with van der Waals surface area (Å²) in [5.74, 6) is -0.221. The molecule has 1 aromatic rings. The minimum Gasteiger partial charge on any atom is -0.369 e. The van der Waals surface area contributed by atoms with Crippen molar-refractivity contribution in [2.75, 3.05) is 0 Å². The second-order valence-corrected chi connectivity index (χ2v) is 4.22. The standard InChI is InChI=1S/C12H16N2O/c13-11(15)12(7-3-1-4-8-12)10-6-2-5-9-14-10/h2,5-6,9H,1,3-4,7-8H2,(H2,13,15). The van der Waals surface area contributed by atoms with Crippen LogP contribution in [0.15, 0.2) is 24.4 Å². The maximum atomic E-state index is 11.7. The van der Waals surface area contributed by atoms with Crippen molar-refractivity contribution < 1.29 is 4.79 Å². The summed E-state index contributed by atoms with van der Waals surface area (Å²) in [4.78, 5) is 16.0. The second kappa shape index (κ2) is 4.01. The van der Waals surface area contributed by atoms with Gasteiger partial charge >= 0.3 is 0 Å². The molecule has 1 amide bonds. The molecule has 1 aliphatic rings. The van der Waals surface area contributed by atoms with Gasteiger partial charge in [0.1, 0.15) is 0 Å². The lowest BCUT2D eigenvalue weighted by Crippen LogP contribution is -2.43. The fourth-order valence-corrected chi connectivity index (χ4v) is 2.43. The van der Waals surface area contributed by atoms with Gasteiger partial charge in [0.25, 0.3) is 0 Å². The smallest absolute Gasteiger partial charge is 0.229 e. The molecule has 3 heteroatoms. The summed E-state index contributed by atoms with van der Waals surface area (Å²) in [6, 6.07) is 5.69. The zero-order valence-electron chi connectivity index (χ0n) is 8.78. The Hall–Kier alpha value is -1.38. The molecule has 3 nitrogen and oxygen atoms in total. The number of carbonyl (C=O) groups is 1. The number of aromatic nitrogens is 1. The van der Waals surface area contributed by atoms with E-state index in [0.29, 0.717) is 0 Å². The quantitative estimate of drug-likeness (QED) is 0.798. The molecular formula is C12H16N2O. The number of nitrogens with zero attached hydrogens (tertiary/aromatic N) is 1. The lowest BCUT2D eigenvalue weighted by atomic mass is 9.71. The average molecular weight is 204 g/mol. The van der Waals surface area contributed by atoms with E-state index in [1.54, 1.807) is 6.20 Å². The van der Waals surface area contributed by atoms with Crippen LogP contribution in [0.4, 0.5) is 0 Å². The summed E-state index contributed by atoms with van der Waals surface area (Å²) < 4.78 is 0. The topological polar surface area (TPSA) is 56.0 Å². The molecule has 80 valence electrons.